The summed E-state index contributed by atoms with van der Waals surface area (Å²) in [5, 5.41) is 0. The number of unbranched alkanes of at least 4 members (excludes halogenated alkanes) is 20. The molecule has 0 radical (unpaired) electrons. The van der Waals surface area contributed by atoms with Gasteiger partial charge in [-0.3, -0.25) is 14.4 Å². The minimum atomic E-state index is -0.813. The number of allylic oxidation sites excluding steroid dienone is 24. The van der Waals surface area contributed by atoms with Crippen molar-refractivity contribution in [3.63, 3.8) is 0 Å². The van der Waals surface area contributed by atoms with E-state index >= 15 is 0 Å². The maximum Gasteiger partial charge on any atom is 0.306 e. The Bertz CT molecular complexity index is 1640. The first-order valence-electron chi connectivity index (χ1n) is 29.9. The van der Waals surface area contributed by atoms with Crippen LogP contribution in [0.1, 0.15) is 245 Å². The molecule has 0 saturated carbocycles. The van der Waals surface area contributed by atoms with Crippen LogP contribution < -0.4 is 0 Å². The maximum atomic E-state index is 12.9. The van der Waals surface area contributed by atoms with Crippen LogP contribution in [0.5, 0.6) is 0 Å². The number of carbonyl (C=O) groups is 3. The van der Waals surface area contributed by atoms with Crippen LogP contribution in [0.3, 0.4) is 0 Å². The van der Waals surface area contributed by atoms with Gasteiger partial charge in [-0.05, 0) is 122 Å². The van der Waals surface area contributed by atoms with E-state index in [1.807, 2.05) is 0 Å². The second-order valence-corrected chi connectivity index (χ2v) is 19.2. The van der Waals surface area contributed by atoms with E-state index < -0.39 is 6.10 Å². The molecule has 6 heteroatoms. The standard InChI is InChI=1S/C68H108O6/c1-4-7-10-13-16-19-22-25-28-31-34-37-40-43-46-49-52-55-58-61-67(70)73-64-65(63-72-66(69)60-57-54-51-48-45-42-39-36-33-30-27-24-21-18-15-12-9-6-3)74-68(71)62-59-56-53-50-47-44-41-38-35-32-29-26-23-20-17-14-11-8-5-2/h7-8,10-11,16-21,24-30,33-34,36-37,39,43,46,65H,4-6,9,12-15,22-23,31-32,35,38,40-42,44-45,47-64H2,1-3H3/b10-7-,11-8-,19-16-,20-17-,21-18-,27-24-,28-25-,29-26-,33-30-,37-34-,39-36-,46-43-. The second kappa shape index (κ2) is 60.8. The third kappa shape index (κ3) is 58.2. The number of hydrogen-bond acceptors (Lipinski definition) is 6. The smallest absolute Gasteiger partial charge is 0.306 e. The molecular formula is C68H108O6. The van der Waals surface area contributed by atoms with Crippen LogP contribution >= 0.6 is 0 Å². The van der Waals surface area contributed by atoms with Crippen molar-refractivity contribution in [2.45, 2.75) is 252 Å². The van der Waals surface area contributed by atoms with Gasteiger partial charge in [-0.15, -0.1) is 0 Å². The summed E-state index contributed by atoms with van der Waals surface area (Å²) in [6.45, 7) is 6.32. The highest BCUT2D eigenvalue weighted by Gasteiger charge is 2.19. The quantitative estimate of drug-likeness (QED) is 0.0199. The highest BCUT2D eigenvalue weighted by molar-refractivity contribution is 5.71. The van der Waals surface area contributed by atoms with Crippen LogP contribution in [-0.2, 0) is 28.6 Å². The monoisotopic (exact) mass is 1020 g/mol. The Balaban J connectivity index is 4.54. The molecule has 6 nitrogen and oxygen atoms in total. The second-order valence-electron chi connectivity index (χ2n) is 19.2. The molecule has 0 aromatic heterocycles. The summed E-state index contributed by atoms with van der Waals surface area (Å²) in [6.07, 6.45) is 86.9. The van der Waals surface area contributed by atoms with E-state index in [-0.39, 0.29) is 31.1 Å². The summed E-state index contributed by atoms with van der Waals surface area (Å²) in [5.74, 6) is -0.971. The largest absolute Gasteiger partial charge is 0.462 e. The SMILES string of the molecule is CC/C=C\C/C=C\C/C=C\C/C=C\C/C=C\CCCCCC(=O)OCC(COC(=O)CCCCCCC\C=C/C=C\C=C/C=C\CCCCC)OC(=O)CCCCCCCCCCC/C=C\C/C=C\C/C=C\CC. The molecule has 1 atom stereocenters. The molecule has 0 aliphatic heterocycles. The molecule has 0 spiro atoms. The van der Waals surface area contributed by atoms with Gasteiger partial charge < -0.3 is 14.2 Å². The summed E-state index contributed by atoms with van der Waals surface area (Å²) < 4.78 is 16.9. The normalized spacial score (nSPS) is 13.2. The summed E-state index contributed by atoms with van der Waals surface area (Å²) in [4.78, 5) is 38.3. The van der Waals surface area contributed by atoms with Crippen molar-refractivity contribution in [3.8, 4) is 0 Å². The maximum absolute atomic E-state index is 12.9. The van der Waals surface area contributed by atoms with Gasteiger partial charge in [0.25, 0.3) is 0 Å². The van der Waals surface area contributed by atoms with Crippen LogP contribution in [0.2, 0.25) is 0 Å². The molecule has 0 aliphatic rings. The molecular weight excluding hydrogens is 913 g/mol. The molecule has 0 rings (SSSR count). The highest BCUT2D eigenvalue weighted by atomic mass is 16.6. The highest BCUT2D eigenvalue weighted by Crippen LogP contribution is 2.14. The van der Waals surface area contributed by atoms with E-state index in [1.165, 1.54) is 57.8 Å². The molecule has 0 aromatic rings. The van der Waals surface area contributed by atoms with Gasteiger partial charge in [0.15, 0.2) is 6.10 Å². The molecule has 0 aromatic carbocycles. The molecule has 1 unspecified atom stereocenters. The van der Waals surface area contributed by atoms with Crippen LogP contribution in [-0.4, -0.2) is 37.2 Å². The van der Waals surface area contributed by atoms with E-state index in [9.17, 15) is 14.4 Å². The first-order chi connectivity index (χ1) is 36.5. The Morgan fingerprint density at radius 2 is 0.581 bits per heavy atom. The lowest BCUT2D eigenvalue weighted by atomic mass is 10.1. The molecule has 0 amide bonds. The van der Waals surface area contributed by atoms with Crippen molar-refractivity contribution in [1.29, 1.82) is 0 Å². The van der Waals surface area contributed by atoms with Gasteiger partial charge in [-0.25, -0.2) is 0 Å². The third-order valence-electron chi connectivity index (χ3n) is 12.2. The molecule has 416 valence electrons. The average molecular weight is 1020 g/mol. The fraction of sp³-hybridized carbons (Fsp3) is 0.603. The molecule has 74 heavy (non-hydrogen) atoms. The number of ether oxygens (including phenoxy) is 3. The Morgan fingerprint density at radius 1 is 0.297 bits per heavy atom. The lowest BCUT2D eigenvalue weighted by molar-refractivity contribution is -0.167. The Morgan fingerprint density at radius 3 is 0.959 bits per heavy atom. The molecule has 0 bridgehead atoms. The Labute approximate surface area is 455 Å². The fourth-order valence-electron chi connectivity index (χ4n) is 7.73. The molecule has 0 heterocycles. The van der Waals surface area contributed by atoms with E-state index in [1.54, 1.807) is 0 Å². The van der Waals surface area contributed by atoms with Crippen LogP contribution in [0.15, 0.2) is 146 Å². The van der Waals surface area contributed by atoms with Crippen molar-refractivity contribution >= 4 is 17.9 Å². The minimum absolute atomic E-state index is 0.109. The van der Waals surface area contributed by atoms with Crippen molar-refractivity contribution in [1.82, 2.24) is 0 Å². The van der Waals surface area contributed by atoms with E-state index in [4.69, 9.17) is 14.2 Å². The van der Waals surface area contributed by atoms with Gasteiger partial charge in [-0.1, -0.05) is 250 Å². The first-order valence-corrected chi connectivity index (χ1v) is 29.9. The minimum Gasteiger partial charge on any atom is -0.462 e. The van der Waals surface area contributed by atoms with E-state index in [2.05, 4.69) is 167 Å². The molecule has 0 fully saturated rings. The number of carbonyl (C=O) groups excluding carboxylic acids is 3. The lowest BCUT2D eigenvalue weighted by Gasteiger charge is -2.18. The lowest BCUT2D eigenvalue weighted by Crippen LogP contribution is -2.30. The summed E-state index contributed by atoms with van der Waals surface area (Å²) in [6, 6.07) is 0. The predicted molar refractivity (Wildman–Crippen MR) is 320 cm³/mol. The van der Waals surface area contributed by atoms with Crippen molar-refractivity contribution in [3.05, 3.63) is 146 Å². The van der Waals surface area contributed by atoms with E-state index in [0.717, 1.165) is 148 Å². The van der Waals surface area contributed by atoms with Gasteiger partial charge in [0.05, 0.1) is 0 Å². The van der Waals surface area contributed by atoms with Gasteiger partial charge >= 0.3 is 17.9 Å². The summed E-state index contributed by atoms with van der Waals surface area (Å²) in [5.41, 5.74) is 0. The number of rotatable bonds is 52. The van der Waals surface area contributed by atoms with E-state index in [0.29, 0.717) is 19.3 Å². The average Bonchev–Trinajstić information content (AvgIpc) is 3.40. The van der Waals surface area contributed by atoms with Crippen LogP contribution in [0.4, 0.5) is 0 Å². The number of esters is 3. The summed E-state index contributed by atoms with van der Waals surface area (Å²) >= 11 is 0. The zero-order chi connectivity index (χ0) is 53.6. The van der Waals surface area contributed by atoms with Gasteiger partial charge in [0.2, 0.25) is 0 Å². The van der Waals surface area contributed by atoms with Gasteiger partial charge in [0, 0.05) is 19.3 Å². The Kier molecular flexibility index (Phi) is 57.0. The van der Waals surface area contributed by atoms with Gasteiger partial charge in [0.1, 0.15) is 13.2 Å². The summed E-state index contributed by atoms with van der Waals surface area (Å²) in [7, 11) is 0. The van der Waals surface area contributed by atoms with Crippen molar-refractivity contribution in [2.24, 2.45) is 0 Å². The fourth-order valence-corrected chi connectivity index (χ4v) is 7.73. The van der Waals surface area contributed by atoms with Crippen LogP contribution in [0.25, 0.3) is 0 Å². The third-order valence-corrected chi connectivity index (χ3v) is 12.2. The Hall–Kier alpha value is -4.71. The predicted octanol–water partition coefficient (Wildman–Crippen LogP) is 20.4. The molecule has 0 N–H and O–H groups in total. The zero-order valence-electron chi connectivity index (χ0n) is 47.5. The zero-order valence-corrected chi connectivity index (χ0v) is 47.5. The van der Waals surface area contributed by atoms with Crippen molar-refractivity contribution < 1.29 is 28.6 Å². The molecule has 0 aliphatic carbocycles. The van der Waals surface area contributed by atoms with Crippen molar-refractivity contribution in [2.75, 3.05) is 13.2 Å². The number of hydrogen-bond donors (Lipinski definition) is 0. The topological polar surface area (TPSA) is 78.9 Å². The van der Waals surface area contributed by atoms with Gasteiger partial charge in [-0.2, -0.15) is 0 Å². The van der Waals surface area contributed by atoms with Crippen LogP contribution in [0, 0.1) is 0 Å². The molecule has 0 saturated heterocycles. The first kappa shape index (κ1) is 69.3.